The molecule has 0 aromatic heterocycles. The molecule has 2 N–H and O–H groups in total. The number of amides is 1. The normalized spacial score (nSPS) is 13.4. The van der Waals surface area contributed by atoms with E-state index in [1.165, 1.54) is 5.56 Å². The van der Waals surface area contributed by atoms with Gasteiger partial charge in [0.25, 0.3) is 5.91 Å². The Labute approximate surface area is 209 Å². The second-order valence-electron chi connectivity index (χ2n) is 9.95. The van der Waals surface area contributed by atoms with E-state index in [0.29, 0.717) is 5.56 Å². The fourth-order valence-electron chi connectivity index (χ4n) is 4.16. The first kappa shape index (κ1) is 26.0. The van der Waals surface area contributed by atoms with Gasteiger partial charge in [0, 0.05) is 21.7 Å². The molecule has 0 heterocycles. The molecule has 0 aliphatic heterocycles. The Morgan fingerprint density at radius 3 is 2.31 bits per heavy atom. The van der Waals surface area contributed by atoms with Gasteiger partial charge in [-0.2, -0.15) is 0 Å². The molecule has 3 heteroatoms. The third-order valence-electron chi connectivity index (χ3n) is 7.01. The van der Waals surface area contributed by atoms with Crippen molar-refractivity contribution >= 4 is 18.1 Å². The van der Waals surface area contributed by atoms with E-state index < -0.39 is 5.54 Å². The van der Waals surface area contributed by atoms with Crippen LogP contribution in [0.4, 0.5) is 0 Å². The van der Waals surface area contributed by atoms with Gasteiger partial charge in [0.05, 0.1) is 0 Å². The van der Waals surface area contributed by atoms with Gasteiger partial charge in [0.1, 0.15) is 5.75 Å². The van der Waals surface area contributed by atoms with Crippen LogP contribution in [0.5, 0.6) is 5.75 Å². The van der Waals surface area contributed by atoms with Crippen LogP contribution in [0.3, 0.4) is 0 Å². The lowest BCUT2D eigenvalue weighted by molar-refractivity contribution is 0.0872. The molecule has 0 aliphatic carbocycles. The highest BCUT2D eigenvalue weighted by Crippen LogP contribution is 2.35. The molecule has 3 rings (SSSR count). The second kappa shape index (κ2) is 10.8. The van der Waals surface area contributed by atoms with Crippen molar-refractivity contribution in [3.63, 3.8) is 0 Å². The van der Waals surface area contributed by atoms with Crippen LogP contribution in [-0.2, 0) is 5.41 Å². The molecule has 182 valence electrons. The fourth-order valence-corrected chi connectivity index (χ4v) is 4.16. The quantitative estimate of drug-likeness (QED) is 0.442. The number of hydrogen-bond donors (Lipinski definition) is 2. The van der Waals surface area contributed by atoms with Gasteiger partial charge >= 0.3 is 0 Å². The van der Waals surface area contributed by atoms with Crippen molar-refractivity contribution in [1.29, 1.82) is 0 Å². The van der Waals surface area contributed by atoms with E-state index in [9.17, 15) is 9.90 Å². The van der Waals surface area contributed by atoms with Crippen molar-refractivity contribution in [3.05, 3.63) is 100 Å². The number of phenolic OH excluding ortho intramolecular Hbond substituents is 1. The Bertz CT molecular complexity index is 1330. The zero-order valence-electron chi connectivity index (χ0n) is 21.7. The first-order valence-electron chi connectivity index (χ1n) is 12.3. The van der Waals surface area contributed by atoms with E-state index in [1.807, 2.05) is 73.7 Å². The van der Waals surface area contributed by atoms with Gasteiger partial charge in [-0.1, -0.05) is 87.5 Å². The molecular formula is C32H37NO2. The predicted octanol–water partition coefficient (Wildman–Crippen LogP) is 6.09. The SMILES string of the molecule is C\C=C/C=c1/cc(-c2cccc(C(=O)NC(C)(C)C(C)(C)c3ccccc3)c2)cc(O)/c1=C\CC. The van der Waals surface area contributed by atoms with E-state index >= 15 is 0 Å². The summed E-state index contributed by atoms with van der Waals surface area (Å²) >= 11 is 0. The maximum atomic E-state index is 13.4. The number of nitrogens with one attached hydrogen (secondary N) is 1. The molecular weight excluding hydrogens is 430 g/mol. The Kier molecular flexibility index (Phi) is 8.01. The van der Waals surface area contributed by atoms with Crippen molar-refractivity contribution in [1.82, 2.24) is 5.32 Å². The van der Waals surface area contributed by atoms with Gasteiger partial charge < -0.3 is 10.4 Å². The number of rotatable bonds is 7. The van der Waals surface area contributed by atoms with Crippen molar-refractivity contribution < 1.29 is 9.90 Å². The smallest absolute Gasteiger partial charge is 0.251 e. The Morgan fingerprint density at radius 2 is 1.66 bits per heavy atom. The maximum Gasteiger partial charge on any atom is 0.251 e. The number of allylic oxidation sites excluding steroid dienone is 2. The zero-order valence-corrected chi connectivity index (χ0v) is 21.7. The van der Waals surface area contributed by atoms with Crippen molar-refractivity contribution in [2.45, 2.75) is 58.9 Å². The molecule has 0 fully saturated rings. The topological polar surface area (TPSA) is 49.3 Å². The van der Waals surface area contributed by atoms with E-state index in [1.54, 1.807) is 6.07 Å². The van der Waals surface area contributed by atoms with Crippen molar-refractivity contribution in [2.24, 2.45) is 0 Å². The van der Waals surface area contributed by atoms with E-state index in [2.05, 4.69) is 58.1 Å². The van der Waals surface area contributed by atoms with Gasteiger partial charge in [-0.15, -0.1) is 0 Å². The Morgan fingerprint density at radius 1 is 0.943 bits per heavy atom. The maximum absolute atomic E-state index is 13.4. The first-order valence-corrected chi connectivity index (χ1v) is 12.3. The summed E-state index contributed by atoms with van der Waals surface area (Å²) in [4.78, 5) is 13.4. The first-order chi connectivity index (χ1) is 16.6. The third-order valence-corrected chi connectivity index (χ3v) is 7.01. The summed E-state index contributed by atoms with van der Waals surface area (Å²) in [7, 11) is 0. The predicted molar refractivity (Wildman–Crippen MR) is 148 cm³/mol. The summed E-state index contributed by atoms with van der Waals surface area (Å²) < 4.78 is 0. The number of carbonyl (C=O) groups excluding carboxylic acids is 1. The fraction of sp³-hybridized carbons (Fsp3) is 0.281. The highest BCUT2D eigenvalue weighted by Gasteiger charge is 2.39. The molecule has 0 saturated heterocycles. The number of hydrogen-bond acceptors (Lipinski definition) is 2. The average Bonchev–Trinajstić information content (AvgIpc) is 2.84. The standard InChI is InChI=1S/C32H37NO2/c1-7-9-15-24-21-26(22-29(34)28(24)14-8-2)23-16-13-17-25(20-23)30(35)33-32(5,6)31(3,4)27-18-11-10-12-19-27/h7,9-22,34H,8H2,1-6H3,(H,33,35)/b9-7-,24-15-,28-14-. The minimum Gasteiger partial charge on any atom is -0.507 e. The molecule has 0 radical (unpaired) electrons. The van der Waals surface area contributed by atoms with E-state index in [4.69, 9.17) is 0 Å². The van der Waals surface area contributed by atoms with E-state index in [0.717, 1.165) is 28.0 Å². The minimum absolute atomic E-state index is 0.123. The van der Waals surface area contributed by atoms with Gasteiger partial charge in [0.15, 0.2) is 0 Å². The van der Waals surface area contributed by atoms with Crippen LogP contribution in [-0.4, -0.2) is 16.6 Å². The molecule has 0 spiro atoms. The van der Waals surface area contributed by atoms with Crippen LogP contribution in [0, 0.1) is 0 Å². The lowest BCUT2D eigenvalue weighted by Gasteiger charge is -2.42. The lowest BCUT2D eigenvalue weighted by atomic mass is 9.69. The van der Waals surface area contributed by atoms with Gasteiger partial charge in [-0.3, -0.25) is 4.79 Å². The van der Waals surface area contributed by atoms with Crippen LogP contribution in [0.25, 0.3) is 23.3 Å². The number of phenols is 1. The Balaban J connectivity index is 1.97. The molecule has 0 saturated carbocycles. The molecule has 35 heavy (non-hydrogen) atoms. The summed E-state index contributed by atoms with van der Waals surface area (Å²) in [6.07, 6.45) is 8.77. The zero-order chi connectivity index (χ0) is 25.6. The van der Waals surface area contributed by atoms with Crippen molar-refractivity contribution in [3.8, 4) is 16.9 Å². The summed E-state index contributed by atoms with van der Waals surface area (Å²) in [6, 6.07) is 21.7. The number of carbonyl (C=O) groups is 1. The highest BCUT2D eigenvalue weighted by atomic mass is 16.3. The highest BCUT2D eigenvalue weighted by molar-refractivity contribution is 5.96. The van der Waals surface area contributed by atoms with Crippen LogP contribution < -0.4 is 15.8 Å². The van der Waals surface area contributed by atoms with Crippen LogP contribution in [0.2, 0.25) is 0 Å². The third kappa shape index (κ3) is 5.74. The van der Waals surface area contributed by atoms with Gasteiger partial charge in [0.2, 0.25) is 0 Å². The molecule has 1 amide bonds. The molecule has 0 bridgehead atoms. The van der Waals surface area contributed by atoms with Crippen LogP contribution >= 0.6 is 0 Å². The Hall–Kier alpha value is -3.59. The van der Waals surface area contributed by atoms with Gasteiger partial charge in [-0.25, -0.2) is 0 Å². The summed E-state index contributed by atoms with van der Waals surface area (Å²) in [5.74, 6) is 0.113. The second-order valence-corrected chi connectivity index (χ2v) is 9.95. The average molecular weight is 468 g/mol. The largest absolute Gasteiger partial charge is 0.507 e. The molecule has 3 aromatic carbocycles. The number of aromatic hydroxyl groups is 1. The van der Waals surface area contributed by atoms with E-state index in [-0.39, 0.29) is 17.1 Å². The summed E-state index contributed by atoms with van der Waals surface area (Å²) in [5, 5.41) is 15.8. The number of benzene rings is 3. The minimum atomic E-state index is -0.494. The molecule has 0 aliphatic rings. The van der Waals surface area contributed by atoms with Crippen LogP contribution in [0.1, 0.15) is 63.9 Å². The molecule has 3 aromatic rings. The summed E-state index contributed by atoms with van der Waals surface area (Å²) in [5.41, 5.74) is 2.73. The lowest BCUT2D eigenvalue weighted by Crippen LogP contribution is -2.56. The molecule has 0 atom stereocenters. The van der Waals surface area contributed by atoms with Crippen molar-refractivity contribution in [2.75, 3.05) is 0 Å². The molecule has 0 unspecified atom stereocenters. The monoisotopic (exact) mass is 467 g/mol. The molecule has 3 nitrogen and oxygen atoms in total. The van der Waals surface area contributed by atoms with Crippen LogP contribution in [0.15, 0.2) is 78.9 Å². The summed E-state index contributed by atoms with van der Waals surface area (Å²) in [6.45, 7) is 12.4. The van der Waals surface area contributed by atoms with Gasteiger partial charge in [-0.05, 0) is 73.4 Å².